The number of aryl methyl sites for hydroxylation is 1. The Morgan fingerprint density at radius 3 is 2.16 bits per heavy atom. The molecule has 0 bridgehead atoms. The SMILES string of the molecule is CCN(CC)S(=O)(=O)c1cc(C(=O)O[C@@H](C)C(=O)Nc2ccc(N(C)C)cc2)ccc1C. The Morgan fingerprint density at radius 1 is 1.03 bits per heavy atom. The first-order chi connectivity index (χ1) is 15.0. The molecule has 1 N–H and O–H groups in total. The molecule has 0 aliphatic carbocycles. The lowest BCUT2D eigenvalue weighted by molar-refractivity contribution is -0.123. The van der Waals surface area contributed by atoms with E-state index >= 15 is 0 Å². The van der Waals surface area contributed by atoms with Gasteiger partial charge in [-0.1, -0.05) is 19.9 Å². The summed E-state index contributed by atoms with van der Waals surface area (Å²) < 4.78 is 32.4. The summed E-state index contributed by atoms with van der Waals surface area (Å²) in [5.41, 5.74) is 2.15. The molecule has 0 aromatic heterocycles. The minimum absolute atomic E-state index is 0.0498. The molecule has 0 saturated heterocycles. The van der Waals surface area contributed by atoms with E-state index in [1.54, 1.807) is 39.0 Å². The number of carbonyl (C=O) groups is 2. The van der Waals surface area contributed by atoms with Crippen LogP contribution in [0.4, 0.5) is 11.4 Å². The number of nitrogens with zero attached hydrogens (tertiary/aromatic N) is 2. The molecule has 0 aliphatic rings. The Kier molecular flexibility index (Phi) is 8.40. The lowest BCUT2D eigenvalue weighted by atomic mass is 10.1. The minimum atomic E-state index is -3.74. The van der Waals surface area contributed by atoms with Crippen LogP contribution in [0, 0.1) is 6.92 Å². The third-order valence-corrected chi connectivity index (χ3v) is 7.24. The van der Waals surface area contributed by atoms with Crippen LogP contribution < -0.4 is 10.2 Å². The van der Waals surface area contributed by atoms with Gasteiger partial charge < -0.3 is 15.0 Å². The van der Waals surface area contributed by atoms with E-state index in [1.807, 2.05) is 31.1 Å². The topological polar surface area (TPSA) is 96.0 Å². The highest BCUT2D eigenvalue weighted by Crippen LogP contribution is 2.22. The highest BCUT2D eigenvalue weighted by Gasteiger charge is 2.26. The largest absolute Gasteiger partial charge is 0.449 e. The van der Waals surface area contributed by atoms with Crippen LogP contribution in [-0.4, -0.2) is 57.9 Å². The molecule has 0 fully saturated rings. The van der Waals surface area contributed by atoms with Gasteiger partial charge in [-0.3, -0.25) is 4.79 Å². The van der Waals surface area contributed by atoms with E-state index in [2.05, 4.69) is 5.32 Å². The molecule has 1 atom stereocenters. The molecule has 32 heavy (non-hydrogen) atoms. The zero-order valence-electron chi connectivity index (χ0n) is 19.4. The van der Waals surface area contributed by atoms with Gasteiger partial charge >= 0.3 is 5.97 Å². The van der Waals surface area contributed by atoms with Crippen LogP contribution in [0.5, 0.6) is 0 Å². The van der Waals surface area contributed by atoms with Crippen LogP contribution >= 0.6 is 0 Å². The van der Waals surface area contributed by atoms with Crippen LogP contribution in [0.15, 0.2) is 47.4 Å². The van der Waals surface area contributed by atoms with Crippen LogP contribution in [0.2, 0.25) is 0 Å². The van der Waals surface area contributed by atoms with Crippen LogP contribution in [0.1, 0.15) is 36.7 Å². The van der Waals surface area contributed by atoms with Gasteiger partial charge in [0.25, 0.3) is 5.91 Å². The number of anilines is 2. The van der Waals surface area contributed by atoms with Gasteiger partial charge in [0.1, 0.15) is 0 Å². The van der Waals surface area contributed by atoms with Crippen molar-refractivity contribution in [2.75, 3.05) is 37.4 Å². The fourth-order valence-electron chi connectivity index (χ4n) is 3.08. The van der Waals surface area contributed by atoms with Gasteiger partial charge in [-0.2, -0.15) is 4.31 Å². The second-order valence-corrected chi connectivity index (χ2v) is 9.45. The van der Waals surface area contributed by atoms with Gasteiger partial charge in [0.05, 0.1) is 10.5 Å². The number of nitrogens with one attached hydrogen (secondary N) is 1. The van der Waals surface area contributed by atoms with Crippen molar-refractivity contribution >= 4 is 33.3 Å². The molecule has 9 heteroatoms. The number of sulfonamides is 1. The molecule has 0 saturated carbocycles. The van der Waals surface area contributed by atoms with E-state index in [9.17, 15) is 18.0 Å². The lowest BCUT2D eigenvalue weighted by Gasteiger charge is -2.20. The smallest absolute Gasteiger partial charge is 0.338 e. The van der Waals surface area contributed by atoms with Crippen molar-refractivity contribution < 1.29 is 22.7 Å². The standard InChI is InChI=1S/C23H31N3O5S/c1-7-26(8-2)32(29,30)21-15-18(10-9-16(21)3)23(28)31-17(4)22(27)24-19-11-13-20(14-12-19)25(5)6/h9-15,17H,7-8H2,1-6H3,(H,24,27)/t17-/m0/s1. The van der Waals surface area contributed by atoms with E-state index in [0.717, 1.165) is 5.69 Å². The molecule has 0 radical (unpaired) electrons. The summed E-state index contributed by atoms with van der Waals surface area (Å²) in [5.74, 6) is -1.26. The number of rotatable bonds is 9. The van der Waals surface area contributed by atoms with Crippen molar-refractivity contribution in [3.63, 3.8) is 0 Å². The summed E-state index contributed by atoms with van der Waals surface area (Å²) in [5, 5.41) is 2.70. The molecular weight excluding hydrogens is 430 g/mol. The maximum absolute atomic E-state index is 12.9. The number of esters is 1. The number of benzene rings is 2. The maximum atomic E-state index is 12.9. The van der Waals surface area contributed by atoms with Crippen LogP contribution in [0.3, 0.4) is 0 Å². The zero-order valence-corrected chi connectivity index (χ0v) is 20.2. The maximum Gasteiger partial charge on any atom is 0.338 e. The predicted molar refractivity (Wildman–Crippen MR) is 126 cm³/mol. The normalized spacial score (nSPS) is 12.3. The first-order valence-electron chi connectivity index (χ1n) is 10.4. The van der Waals surface area contributed by atoms with E-state index in [4.69, 9.17) is 4.74 Å². The minimum Gasteiger partial charge on any atom is -0.449 e. The Labute approximate surface area is 190 Å². The Morgan fingerprint density at radius 2 is 1.62 bits per heavy atom. The Bertz CT molecular complexity index is 1060. The quantitative estimate of drug-likeness (QED) is 0.576. The van der Waals surface area contributed by atoms with Gasteiger partial charge in [-0.25, -0.2) is 13.2 Å². The van der Waals surface area contributed by atoms with Crippen molar-refractivity contribution in [3.05, 3.63) is 53.6 Å². The van der Waals surface area contributed by atoms with Gasteiger partial charge in [0.2, 0.25) is 10.0 Å². The summed E-state index contributed by atoms with van der Waals surface area (Å²) in [7, 11) is 0.0908. The predicted octanol–water partition coefficient (Wildman–Crippen LogP) is 3.28. The summed E-state index contributed by atoms with van der Waals surface area (Å²) in [6.45, 7) is 7.28. The molecule has 1 amide bonds. The molecule has 174 valence electrons. The molecule has 0 heterocycles. The molecule has 8 nitrogen and oxygen atoms in total. The van der Waals surface area contributed by atoms with E-state index in [-0.39, 0.29) is 10.5 Å². The monoisotopic (exact) mass is 461 g/mol. The molecule has 2 aromatic carbocycles. The summed E-state index contributed by atoms with van der Waals surface area (Å²) in [4.78, 5) is 27.0. The first-order valence-corrected chi connectivity index (χ1v) is 11.8. The van der Waals surface area contributed by atoms with Gasteiger partial charge in [-0.05, 0) is 55.8 Å². The Balaban J connectivity index is 2.13. The molecule has 2 aromatic rings. The number of amides is 1. The highest BCUT2D eigenvalue weighted by molar-refractivity contribution is 7.89. The molecular formula is C23H31N3O5S. The van der Waals surface area contributed by atoms with Crippen molar-refractivity contribution in [3.8, 4) is 0 Å². The number of hydrogen-bond acceptors (Lipinski definition) is 6. The second-order valence-electron chi connectivity index (χ2n) is 7.55. The van der Waals surface area contributed by atoms with E-state index in [0.29, 0.717) is 24.3 Å². The Hall–Kier alpha value is -2.91. The first kappa shape index (κ1) is 25.4. The van der Waals surface area contributed by atoms with Crippen LogP contribution in [0.25, 0.3) is 0 Å². The van der Waals surface area contributed by atoms with Crippen molar-refractivity contribution in [1.82, 2.24) is 4.31 Å². The molecule has 0 spiro atoms. The fraction of sp³-hybridized carbons (Fsp3) is 0.391. The summed E-state index contributed by atoms with van der Waals surface area (Å²) >= 11 is 0. The van der Waals surface area contributed by atoms with Gasteiger partial charge in [0, 0.05) is 38.6 Å². The second kappa shape index (κ2) is 10.6. The van der Waals surface area contributed by atoms with E-state index in [1.165, 1.54) is 23.4 Å². The van der Waals surface area contributed by atoms with Crippen molar-refractivity contribution in [1.29, 1.82) is 0 Å². The van der Waals surface area contributed by atoms with Crippen molar-refractivity contribution in [2.24, 2.45) is 0 Å². The zero-order chi connectivity index (χ0) is 24.1. The number of carbonyl (C=O) groups excluding carboxylic acids is 2. The van der Waals surface area contributed by atoms with Gasteiger partial charge in [-0.15, -0.1) is 0 Å². The summed E-state index contributed by atoms with van der Waals surface area (Å²) in [6.07, 6.45) is -1.07. The third kappa shape index (κ3) is 5.86. The van der Waals surface area contributed by atoms with Gasteiger partial charge in [0.15, 0.2) is 6.10 Å². The third-order valence-electron chi connectivity index (χ3n) is 5.05. The molecule has 0 unspecified atom stereocenters. The van der Waals surface area contributed by atoms with E-state index < -0.39 is 28.0 Å². The molecule has 2 rings (SSSR count). The summed E-state index contributed by atoms with van der Waals surface area (Å²) in [6, 6.07) is 11.6. The average Bonchev–Trinajstić information content (AvgIpc) is 2.74. The number of hydrogen-bond donors (Lipinski definition) is 1. The molecule has 0 aliphatic heterocycles. The highest BCUT2D eigenvalue weighted by atomic mass is 32.2. The number of ether oxygens (including phenoxy) is 1. The average molecular weight is 462 g/mol. The fourth-order valence-corrected chi connectivity index (χ4v) is 4.79. The lowest BCUT2D eigenvalue weighted by Crippen LogP contribution is -2.32. The van der Waals surface area contributed by atoms with Crippen LogP contribution in [-0.2, 0) is 19.6 Å². The van der Waals surface area contributed by atoms with Crippen molar-refractivity contribution in [2.45, 2.75) is 38.7 Å².